The predicted octanol–water partition coefficient (Wildman–Crippen LogP) is 4.80. The van der Waals surface area contributed by atoms with Gasteiger partial charge in [0.2, 0.25) is 11.8 Å². The Kier molecular flexibility index (Phi) is 10.4. The van der Waals surface area contributed by atoms with Crippen molar-refractivity contribution in [3.05, 3.63) is 90.5 Å². The largest absolute Gasteiger partial charge is 0.495 e. The van der Waals surface area contributed by atoms with Crippen LogP contribution in [0.15, 0.2) is 89.8 Å². The SMILES string of the molecule is COc1ccccc1N(CC(=O)N(CCc1ccccc1)[C@H](C)C(=O)NC1CCCCC1)S(=O)(=O)c1ccccc1. The van der Waals surface area contributed by atoms with Crippen molar-refractivity contribution in [1.29, 1.82) is 0 Å². The maximum absolute atomic E-state index is 14.1. The highest BCUT2D eigenvalue weighted by Crippen LogP contribution is 2.32. The summed E-state index contributed by atoms with van der Waals surface area (Å²) in [4.78, 5) is 29.0. The lowest BCUT2D eigenvalue weighted by molar-refractivity contribution is -0.139. The number of nitrogens with zero attached hydrogens (tertiary/aromatic N) is 2. The van der Waals surface area contributed by atoms with E-state index in [1.165, 1.54) is 24.1 Å². The molecule has 0 saturated heterocycles. The van der Waals surface area contributed by atoms with Crippen LogP contribution in [0, 0.1) is 0 Å². The smallest absolute Gasteiger partial charge is 0.264 e. The zero-order chi connectivity index (χ0) is 29.2. The summed E-state index contributed by atoms with van der Waals surface area (Å²) in [5.41, 5.74) is 1.26. The van der Waals surface area contributed by atoms with Crippen LogP contribution in [0.1, 0.15) is 44.6 Å². The molecule has 0 heterocycles. The van der Waals surface area contributed by atoms with Gasteiger partial charge in [0.15, 0.2) is 0 Å². The number of ether oxygens (including phenoxy) is 1. The number of hydrogen-bond acceptors (Lipinski definition) is 5. The minimum Gasteiger partial charge on any atom is -0.495 e. The maximum atomic E-state index is 14.1. The third kappa shape index (κ3) is 7.67. The number of rotatable bonds is 12. The monoisotopic (exact) mass is 577 g/mol. The van der Waals surface area contributed by atoms with Crippen molar-refractivity contribution in [2.24, 2.45) is 0 Å². The lowest BCUT2D eigenvalue weighted by Crippen LogP contribution is -2.53. The quantitative estimate of drug-likeness (QED) is 0.334. The molecule has 1 aliphatic carbocycles. The normalized spacial score (nSPS) is 14.6. The van der Waals surface area contributed by atoms with E-state index in [4.69, 9.17) is 4.74 Å². The highest BCUT2D eigenvalue weighted by atomic mass is 32.2. The van der Waals surface area contributed by atoms with Gasteiger partial charge in [-0.15, -0.1) is 0 Å². The molecular formula is C32H39N3O5S. The number of hydrogen-bond donors (Lipinski definition) is 1. The molecule has 1 fully saturated rings. The molecule has 0 unspecified atom stereocenters. The Morgan fingerprint density at radius 2 is 1.51 bits per heavy atom. The van der Waals surface area contributed by atoms with Crippen molar-refractivity contribution in [3.8, 4) is 5.75 Å². The Bertz CT molecular complexity index is 1390. The highest BCUT2D eigenvalue weighted by Gasteiger charge is 2.34. The van der Waals surface area contributed by atoms with Crippen LogP contribution in [0.4, 0.5) is 5.69 Å². The number of para-hydroxylation sites is 2. The Morgan fingerprint density at radius 1 is 0.902 bits per heavy atom. The Labute approximate surface area is 243 Å². The topological polar surface area (TPSA) is 96.0 Å². The number of nitrogens with one attached hydrogen (secondary N) is 1. The van der Waals surface area contributed by atoms with E-state index in [1.807, 2.05) is 30.3 Å². The van der Waals surface area contributed by atoms with E-state index in [0.29, 0.717) is 12.2 Å². The van der Waals surface area contributed by atoms with Crippen molar-refractivity contribution < 1.29 is 22.7 Å². The Balaban J connectivity index is 1.65. The van der Waals surface area contributed by atoms with E-state index in [9.17, 15) is 18.0 Å². The third-order valence-corrected chi connectivity index (χ3v) is 9.34. The van der Waals surface area contributed by atoms with E-state index >= 15 is 0 Å². The van der Waals surface area contributed by atoms with Crippen LogP contribution in [0.2, 0.25) is 0 Å². The van der Waals surface area contributed by atoms with Crippen LogP contribution in [0.3, 0.4) is 0 Å². The molecule has 1 saturated carbocycles. The molecule has 0 aromatic heterocycles. The lowest BCUT2D eigenvalue weighted by atomic mass is 9.95. The Hall–Kier alpha value is -3.85. The van der Waals surface area contributed by atoms with Crippen molar-refractivity contribution in [2.45, 2.75) is 62.4 Å². The van der Waals surface area contributed by atoms with Gasteiger partial charge in [-0.05, 0) is 56.0 Å². The Morgan fingerprint density at radius 3 is 2.17 bits per heavy atom. The summed E-state index contributed by atoms with van der Waals surface area (Å²) in [7, 11) is -2.69. The van der Waals surface area contributed by atoms with Gasteiger partial charge in [-0.1, -0.05) is 79.9 Å². The van der Waals surface area contributed by atoms with Crippen LogP contribution < -0.4 is 14.4 Å². The summed E-state index contributed by atoms with van der Waals surface area (Å²) >= 11 is 0. The molecule has 0 radical (unpaired) electrons. The molecule has 3 aromatic rings. The number of amides is 2. The predicted molar refractivity (Wildman–Crippen MR) is 160 cm³/mol. The van der Waals surface area contributed by atoms with Gasteiger partial charge in [0.05, 0.1) is 17.7 Å². The molecule has 1 aliphatic rings. The van der Waals surface area contributed by atoms with Gasteiger partial charge < -0.3 is 15.0 Å². The molecule has 0 bridgehead atoms. The maximum Gasteiger partial charge on any atom is 0.264 e. The van der Waals surface area contributed by atoms with Crippen molar-refractivity contribution >= 4 is 27.5 Å². The molecule has 218 valence electrons. The molecule has 1 N–H and O–H groups in total. The molecule has 9 heteroatoms. The van der Waals surface area contributed by atoms with Gasteiger partial charge in [0, 0.05) is 12.6 Å². The number of benzene rings is 3. The molecule has 0 aliphatic heterocycles. The number of anilines is 1. The molecule has 2 amide bonds. The van der Waals surface area contributed by atoms with E-state index in [0.717, 1.165) is 42.0 Å². The van der Waals surface area contributed by atoms with Gasteiger partial charge in [-0.2, -0.15) is 0 Å². The van der Waals surface area contributed by atoms with E-state index in [-0.39, 0.29) is 29.1 Å². The average Bonchev–Trinajstić information content (AvgIpc) is 3.01. The third-order valence-electron chi connectivity index (χ3n) is 7.57. The molecular weight excluding hydrogens is 538 g/mol. The zero-order valence-electron chi connectivity index (χ0n) is 23.7. The molecule has 8 nitrogen and oxygen atoms in total. The minimum absolute atomic E-state index is 0.0534. The average molecular weight is 578 g/mol. The standard InChI is InChI=1S/C32H39N3O5S/c1-25(32(37)33-27-16-8-4-9-17-27)34(23-22-26-14-6-3-7-15-26)31(36)24-35(29-20-12-13-21-30(29)40-2)41(38,39)28-18-10-5-11-19-28/h3,5-7,10-15,18-21,25,27H,4,8-9,16-17,22-24H2,1-2H3,(H,33,37)/t25-/m1/s1. The van der Waals surface area contributed by atoms with Gasteiger partial charge in [0.25, 0.3) is 10.0 Å². The minimum atomic E-state index is -4.15. The molecule has 41 heavy (non-hydrogen) atoms. The first-order valence-electron chi connectivity index (χ1n) is 14.2. The number of sulfonamides is 1. The number of carbonyl (C=O) groups excluding carboxylic acids is 2. The highest BCUT2D eigenvalue weighted by molar-refractivity contribution is 7.92. The van der Waals surface area contributed by atoms with Gasteiger partial charge in [0.1, 0.15) is 18.3 Å². The second-order valence-electron chi connectivity index (χ2n) is 10.3. The molecule has 1 atom stereocenters. The first kappa shape index (κ1) is 30.1. The fraction of sp³-hybridized carbons (Fsp3) is 0.375. The summed E-state index contributed by atoms with van der Waals surface area (Å²) in [6.07, 6.45) is 5.68. The summed E-state index contributed by atoms with van der Waals surface area (Å²) < 4.78 is 34.4. The lowest BCUT2D eigenvalue weighted by Gasteiger charge is -2.33. The number of methoxy groups -OCH3 is 1. The first-order valence-corrected chi connectivity index (χ1v) is 15.6. The van der Waals surface area contributed by atoms with Gasteiger partial charge >= 0.3 is 0 Å². The first-order chi connectivity index (χ1) is 19.8. The van der Waals surface area contributed by atoms with Crippen molar-refractivity contribution in [1.82, 2.24) is 10.2 Å². The summed E-state index contributed by atoms with van der Waals surface area (Å²) in [5.74, 6) is -0.385. The molecule has 3 aromatic carbocycles. The van der Waals surface area contributed by atoms with E-state index in [2.05, 4.69) is 5.32 Å². The number of carbonyl (C=O) groups is 2. The molecule has 0 spiro atoms. The summed E-state index contributed by atoms with van der Waals surface area (Å²) in [6.45, 7) is 1.47. The van der Waals surface area contributed by atoms with E-state index < -0.39 is 28.5 Å². The van der Waals surface area contributed by atoms with Gasteiger partial charge in [-0.25, -0.2) is 8.42 Å². The second-order valence-corrected chi connectivity index (χ2v) is 12.2. The fourth-order valence-electron chi connectivity index (χ4n) is 5.21. The van der Waals surface area contributed by atoms with Crippen LogP contribution in [-0.2, 0) is 26.0 Å². The summed E-state index contributed by atoms with van der Waals surface area (Å²) in [6, 6.07) is 23.7. The molecule has 4 rings (SSSR count). The van der Waals surface area contributed by atoms with Crippen LogP contribution >= 0.6 is 0 Å². The van der Waals surface area contributed by atoms with Crippen LogP contribution in [0.25, 0.3) is 0 Å². The van der Waals surface area contributed by atoms with Crippen molar-refractivity contribution in [2.75, 3.05) is 24.5 Å². The van der Waals surface area contributed by atoms with Gasteiger partial charge in [-0.3, -0.25) is 13.9 Å². The summed E-state index contributed by atoms with van der Waals surface area (Å²) in [5, 5.41) is 3.13. The zero-order valence-corrected chi connectivity index (χ0v) is 24.6. The fourth-order valence-corrected chi connectivity index (χ4v) is 6.65. The van der Waals surface area contributed by atoms with Crippen LogP contribution in [0.5, 0.6) is 5.75 Å². The second kappa shape index (κ2) is 14.2. The van der Waals surface area contributed by atoms with Crippen LogP contribution in [-0.4, -0.2) is 57.4 Å². The van der Waals surface area contributed by atoms with Crippen molar-refractivity contribution in [3.63, 3.8) is 0 Å². The van der Waals surface area contributed by atoms with E-state index in [1.54, 1.807) is 49.4 Å².